The van der Waals surface area contributed by atoms with Crippen LogP contribution in [0.25, 0.3) is 22.0 Å². The fourth-order valence-electron chi connectivity index (χ4n) is 4.57. The van der Waals surface area contributed by atoms with Gasteiger partial charge in [0, 0.05) is 68.8 Å². The molecule has 37 heavy (non-hydrogen) atoms. The van der Waals surface area contributed by atoms with Crippen LogP contribution in [-0.4, -0.2) is 72.1 Å². The molecule has 1 saturated heterocycles. The minimum absolute atomic E-state index is 0.110. The van der Waals surface area contributed by atoms with Gasteiger partial charge in [0.05, 0.1) is 16.0 Å². The van der Waals surface area contributed by atoms with Crippen LogP contribution in [-0.2, 0) is 16.4 Å². The maximum Gasteiger partial charge on any atom is 0.259 e. The molecule has 1 fully saturated rings. The number of anilines is 2. The molecule has 0 bridgehead atoms. The Labute approximate surface area is 216 Å². The molecular weight excluding hydrogens is 488 g/mol. The number of sulfone groups is 1. The third-order valence-electron chi connectivity index (χ3n) is 6.73. The van der Waals surface area contributed by atoms with E-state index in [9.17, 15) is 13.2 Å². The molecule has 0 spiro atoms. The van der Waals surface area contributed by atoms with E-state index in [1.165, 1.54) is 11.8 Å². The second kappa shape index (κ2) is 10.4. The van der Waals surface area contributed by atoms with Crippen LogP contribution in [0.1, 0.15) is 12.5 Å². The molecular formula is C27H30N6O3S. The summed E-state index contributed by atoms with van der Waals surface area (Å²) in [6, 6.07) is 13.3. The topological polar surface area (TPSA) is 111 Å². The lowest BCUT2D eigenvalue weighted by Crippen LogP contribution is -2.45. The van der Waals surface area contributed by atoms with E-state index in [-0.39, 0.29) is 10.5 Å². The zero-order valence-electron chi connectivity index (χ0n) is 20.9. The van der Waals surface area contributed by atoms with Crippen molar-refractivity contribution in [2.45, 2.75) is 18.4 Å². The van der Waals surface area contributed by atoms with Crippen molar-refractivity contribution in [2.24, 2.45) is 0 Å². The summed E-state index contributed by atoms with van der Waals surface area (Å²) in [5.41, 5.74) is 2.83. The molecule has 1 aliphatic rings. The molecule has 4 aromatic rings. The number of rotatable bonds is 7. The third kappa shape index (κ3) is 5.71. The Balaban J connectivity index is 1.43. The van der Waals surface area contributed by atoms with Crippen LogP contribution in [0.2, 0.25) is 0 Å². The van der Waals surface area contributed by atoms with E-state index in [0.717, 1.165) is 51.2 Å². The summed E-state index contributed by atoms with van der Waals surface area (Å²) < 4.78 is 24.1. The highest BCUT2D eigenvalue weighted by Crippen LogP contribution is 2.28. The van der Waals surface area contributed by atoms with Gasteiger partial charge in [0.15, 0.2) is 9.84 Å². The lowest BCUT2D eigenvalue weighted by molar-refractivity contribution is 0.132. The number of aromatic amines is 1. The minimum Gasteiger partial charge on any atom is -0.340 e. The molecule has 192 valence electrons. The molecule has 5 rings (SSSR count). The number of pyridine rings is 3. The first-order valence-electron chi connectivity index (χ1n) is 12.3. The Bertz CT molecular complexity index is 1580. The third-order valence-corrected chi connectivity index (χ3v) is 7.81. The van der Waals surface area contributed by atoms with Crippen LogP contribution in [0.3, 0.4) is 0 Å². The van der Waals surface area contributed by atoms with Crippen LogP contribution in [0.4, 0.5) is 11.5 Å². The molecule has 0 amide bonds. The van der Waals surface area contributed by atoms with Crippen LogP contribution in [0.5, 0.6) is 0 Å². The van der Waals surface area contributed by atoms with E-state index in [1.807, 2.05) is 12.1 Å². The zero-order chi connectivity index (χ0) is 26.0. The van der Waals surface area contributed by atoms with Crippen LogP contribution in [0.15, 0.2) is 70.7 Å². The highest BCUT2D eigenvalue weighted by molar-refractivity contribution is 7.90. The minimum atomic E-state index is -3.43. The molecule has 3 aromatic heterocycles. The molecule has 9 nitrogen and oxygen atoms in total. The summed E-state index contributed by atoms with van der Waals surface area (Å²) >= 11 is 0. The summed E-state index contributed by atoms with van der Waals surface area (Å²) in [5.74, 6) is 0.391. The fraction of sp³-hybridized carbons (Fsp3) is 0.296. The molecule has 0 aliphatic carbocycles. The number of nitrogens with one attached hydrogen (secondary N) is 2. The Morgan fingerprint density at radius 1 is 1.00 bits per heavy atom. The smallest absolute Gasteiger partial charge is 0.259 e. The van der Waals surface area contributed by atoms with Gasteiger partial charge in [0.25, 0.3) is 5.56 Å². The monoisotopic (exact) mass is 518 g/mol. The number of nitrogens with zero attached hydrogens (tertiary/aromatic N) is 4. The van der Waals surface area contributed by atoms with E-state index >= 15 is 0 Å². The summed E-state index contributed by atoms with van der Waals surface area (Å²) in [5, 5.41) is 4.41. The predicted molar refractivity (Wildman–Crippen MR) is 146 cm³/mol. The molecule has 4 heterocycles. The maximum absolute atomic E-state index is 12.7. The van der Waals surface area contributed by atoms with Gasteiger partial charge in [-0.05, 0) is 47.8 Å². The average molecular weight is 519 g/mol. The number of hydrogen-bond acceptors (Lipinski definition) is 8. The molecule has 1 aromatic carbocycles. The van der Waals surface area contributed by atoms with Crippen molar-refractivity contribution in [3.63, 3.8) is 0 Å². The van der Waals surface area contributed by atoms with Gasteiger partial charge in [-0.3, -0.25) is 14.7 Å². The summed E-state index contributed by atoms with van der Waals surface area (Å²) in [6.45, 7) is 8.53. The van der Waals surface area contributed by atoms with Gasteiger partial charge in [-0.1, -0.05) is 19.1 Å². The van der Waals surface area contributed by atoms with E-state index in [4.69, 9.17) is 4.98 Å². The molecule has 2 N–H and O–H groups in total. The molecule has 0 atom stereocenters. The second-order valence-electron chi connectivity index (χ2n) is 9.34. The molecule has 0 radical (unpaired) electrons. The van der Waals surface area contributed by atoms with E-state index < -0.39 is 9.84 Å². The van der Waals surface area contributed by atoms with E-state index in [0.29, 0.717) is 27.8 Å². The van der Waals surface area contributed by atoms with Crippen molar-refractivity contribution in [1.82, 2.24) is 24.8 Å². The lowest BCUT2D eigenvalue weighted by Gasteiger charge is -2.34. The van der Waals surface area contributed by atoms with Gasteiger partial charge in [-0.25, -0.2) is 13.4 Å². The summed E-state index contributed by atoms with van der Waals surface area (Å²) in [6.07, 6.45) is 5.60. The Morgan fingerprint density at radius 2 is 1.73 bits per heavy atom. The van der Waals surface area contributed by atoms with Crippen LogP contribution in [0, 0.1) is 0 Å². The number of aromatic nitrogens is 3. The molecule has 10 heteroatoms. The largest absolute Gasteiger partial charge is 0.340 e. The Morgan fingerprint density at radius 3 is 2.43 bits per heavy atom. The highest BCUT2D eigenvalue weighted by atomic mass is 32.2. The average Bonchev–Trinajstić information content (AvgIpc) is 2.90. The first kappa shape index (κ1) is 25.1. The second-order valence-corrected chi connectivity index (χ2v) is 11.4. The predicted octanol–water partition coefficient (Wildman–Crippen LogP) is 3.27. The van der Waals surface area contributed by atoms with E-state index in [2.05, 4.69) is 44.1 Å². The number of hydrogen-bond donors (Lipinski definition) is 2. The first-order chi connectivity index (χ1) is 17.8. The van der Waals surface area contributed by atoms with Gasteiger partial charge in [-0.15, -0.1) is 0 Å². The lowest BCUT2D eigenvalue weighted by atomic mass is 10.1. The fourth-order valence-corrected chi connectivity index (χ4v) is 5.16. The van der Waals surface area contributed by atoms with Gasteiger partial charge in [0.1, 0.15) is 5.82 Å². The number of fused-ring (bicyclic) bond motifs is 1. The molecule has 1 aliphatic heterocycles. The summed E-state index contributed by atoms with van der Waals surface area (Å²) in [7, 11) is -3.43. The number of piperazine rings is 1. The highest BCUT2D eigenvalue weighted by Gasteiger charge is 2.16. The van der Waals surface area contributed by atoms with Crippen molar-refractivity contribution in [1.29, 1.82) is 0 Å². The van der Waals surface area contributed by atoms with Gasteiger partial charge >= 0.3 is 0 Å². The normalized spacial score (nSPS) is 15.2. The number of likely N-dealkylation sites (N-methyl/N-ethyl adjacent to an activating group) is 1. The quantitative estimate of drug-likeness (QED) is 0.384. The maximum atomic E-state index is 12.7. The van der Waals surface area contributed by atoms with Crippen molar-refractivity contribution in [3.8, 4) is 11.3 Å². The summed E-state index contributed by atoms with van der Waals surface area (Å²) in [4.78, 5) is 29.3. The zero-order valence-corrected chi connectivity index (χ0v) is 21.8. The number of H-pyrrole nitrogens is 1. The molecule has 0 unspecified atom stereocenters. The first-order valence-corrected chi connectivity index (χ1v) is 14.2. The number of benzene rings is 1. The standard InChI is InChI=1S/C27H30N6O3S/c1-3-32-10-12-33(13-11-32)18-19-4-6-22(7-5-19)30-26-25-20(8-9-29-27(25)34)15-24(31-26)21-14-23(17-28-16-21)37(2,35)36/h4-9,14-17H,3,10-13,18H2,1-2H3,(H,29,34)(H,30,31). The van der Waals surface area contributed by atoms with Crippen LogP contribution >= 0.6 is 0 Å². The van der Waals surface area contributed by atoms with Crippen molar-refractivity contribution in [3.05, 3.63) is 77.0 Å². The molecule has 0 saturated carbocycles. The van der Waals surface area contributed by atoms with Gasteiger partial charge in [-0.2, -0.15) is 0 Å². The van der Waals surface area contributed by atoms with Crippen molar-refractivity contribution < 1.29 is 8.42 Å². The van der Waals surface area contributed by atoms with Crippen molar-refractivity contribution >= 4 is 32.1 Å². The van der Waals surface area contributed by atoms with Gasteiger partial charge in [0.2, 0.25) is 0 Å². The van der Waals surface area contributed by atoms with Gasteiger partial charge < -0.3 is 15.2 Å². The Hall–Kier alpha value is -3.60. The van der Waals surface area contributed by atoms with Crippen molar-refractivity contribution in [2.75, 3.05) is 44.3 Å². The van der Waals surface area contributed by atoms with Crippen LogP contribution < -0.4 is 10.9 Å². The SMILES string of the molecule is CCN1CCN(Cc2ccc(Nc3nc(-c4cncc(S(C)(=O)=O)c4)cc4cc[nH]c(=O)c34)cc2)CC1. The van der Waals surface area contributed by atoms with E-state index in [1.54, 1.807) is 30.6 Å². The Kier molecular flexibility index (Phi) is 7.05.